The number of benzene rings is 1. The number of rotatable bonds is 4. The van der Waals surface area contributed by atoms with E-state index in [-0.39, 0.29) is 5.82 Å². The smallest absolute Gasteiger partial charge is 0.125 e. The molecule has 90 valence electrons. The van der Waals surface area contributed by atoms with Gasteiger partial charge in [0, 0.05) is 19.3 Å². The van der Waals surface area contributed by atoms with E-state index in [1.54, 1.807) is 6.26 Å². The van der Waals surface area contributed by atoms with Crippen LogP contribution in [-0.2, 0) is 13.1 Å². The Hall–Kier alpha value is -1.81. The number of furan rings is 1. The van der Waals surface area contributed by atoms with Crippen LogP contribution >= 0.6 is 0 Å². The molecule has 1 heterocycles. The Labute approximate surface area is 99.6 Å². The Morgan fingerprint density at radius 1 is 1.35 bits per heavy atom. The second-order valence-electron chi connectivity index (χ2n) is 3.96. The van der Waals surface area contributed by atoms with Gasteiger partial charge in [0.05, 0.1) is 12.8 Å². The maximum atomic E-state index is 13.3. The largest absolute Gasteiger partial charge is 0.467 e. The standard InChI is InChI=1S/C13H15FN2O/c1-16(9-13-3-2-4-17-13)12-6-10(8-15)5-11(14)7-12/h2-7H,8-9,15H2,1H3. The van der Waals surface area contributed by atoms with Gasteiger partial charge in [0.25, 0.3) is 0 Å². The van der Waals surface area contributed by atoms with E-state index in [2.05, 4.69) is 0 Å². The number of nitrogens with zero attached hydrogens (tertiary/aromatic N) is 1. The monoisotopic (exact) mass is 234 g/mol. The van der Waals surface area contributed by atoms with Gasteiger partial charge in [-0.3, -0.25) is 0 Å². The molecule has 3 nitrogen and oxygen atoms in total. The summed E-state index contributed by atoms with van der Waals surface area (Å²) in [5, 5.41) is 0. The summed E-state index contributed by atoms with van der Waals surface area (Å²) < 4.78 is 18.6. The Balaban J connectivity index is 2.18. The fourth-order valence-corrected chi connectivity index (χ4v) is 1.70. The van der Waals surface area contributed by atoms with Gasteiger partial charge < -0.3 is 15.1 Å². The zero-order valence-corrected chi connectivity index (χ0v) is 9.69. The van der Waals surface area contributed by atoms with Crippen molar-refractivity contribution in [2.45, 2.75) is 13.1 Å². The van der Waals surface area contributed by atoms with Gasteiger partial charge in [-0.2, -0.15) is 0 Å². The van der Waals surface area contributed by atoms with E-state index in [1.165, 1.54) is 12.1 Å². The Morgan fingerprint density at radius 2 is 2.18 bits per heavy atom. The van der Waals surface area contributed by atoms with Crippen LogP contribution in [0.15, 0.2) is 41.0 Å². The normalized spacial score (nSPS) is 10.5. The summed E-state index contributed by atoms with van der Waals surface area (Å²) in [6, 6.07) is 8.54. The van der Waals surface area contributed by atoms with Crippen LogP contribution in [0.3, 0.4) is 0 Å². The van der Waals surface area contributed by atoms with Gasteiger partial charge in [0.15, 0.2) is 0 Å². The maximum Gasteiger partial charge on any atom is 0.125 e. The molecule has 0 aliphatic rings. The SMILES string of the molecule is CN(Cc1ccco1)c1cc(F)cc(CN)c1. The van der Waals surface area contributed by atoms with Gasteiger partial charge in [-0.25, -0.2) is 4.39 Å². The number of halogens is 1. The van der Waals surface area contributed by atoms with Crippen LogP contribution in [0.1, 0.15) is 11.3 Å². The molecule has 4 heteroatoms. The Morgan fingerprint density at radius 3 is 2.82 bits per heavy atom. The number of hydrogen-bond acceptors (Lipinski definition) is 3. The highest BCUT2D eigenvalue weighted by Gasteiger charge is 2.06. The minimum atomic E-state index is -0.269. The second-order valence-corrected chi connectivity index (χ2v) is 3.96. The van der Waals surface area contributed by atoms with Crippen LogP contribution in [0.4, 0.5) is 10.1 Å². The highest BCUT2D eigenvalue weighted by atomic mass is 19.1. The molecule has 0 bridgehead atoms. The molecule has 0 aliphatic heterocycles. The molecular weight excluding hydrogens is 219 g/mol. The third-order valence-corrected chi connectivity index (χ3v) is 2.59. The molecule has 17 heavy (non-hydrogen) atoms. The van der Waals surface area contributed by atoms with E-state index in [9.17, 15) is 4.39 Å². The van der Waals surface area contributed by atoms with E-state index in [4.69, 9.17) is 10.2 Å². The lowest BCUT2D eigenvalue weighted by Crippen LogP contribution is -2.16. The highest BCUT2D eigenvalue weighted by molar-refractivity contribution is 5.48. The van der Waals surface area contributed by atoms with Crippen molar-refractivity contribution in [3.8, 4) is 0 Å². The molecule has 0 radical (unpaired) electrons. The van der Waals surface area contributed by atoms with Gasteiger partial charge in [-0.05, 0) is 35.9 Å². The minimum Gasteiger partial charge on any atom is -0.467 e. The van der Waals surface area contributed by atoms with Crippen molar-refractivity contribution in [1.82, 2.24) is 0 Å². The molecule has 0 saturated carbocycles. The van der Waals surface area contributed by atoms with Gasteiger partial charge in [-0.1, -0.05) is 0 Å². The lowest BCUT2D eigenvalue weighted by atomic mass is 10.2. The number of anilines is 1. The van der Waals surface area contributed by atoms with Crippen molar-refractivity contribution < 1.29 is 8.81 Å². The molecule has 1 aromatic carbocycles. The average Bonchev–Trinajstić information content (AvgIpc) is 2.81. The van der Waals surface area contributed by atoms with E-state index < -0.39 is 0 Å². The molecule has 0 spiro atoms. The molecule has 0 atom stereocenters. The van der Waals surface area contributed by atoms with E-state index in [0.29, 0.717) is 13.1 Å². The molecule has 0 amide bonds. The lowest BCUT2D eigenvalue weighted by Gasteiger charge is -2.18. The average molecular weight is 234 g/mol. The van der Waals surface area contributed by atoms with Crippen LogP contribution in [-0.4, -0.2) is 7.05 Å². The fraction of sp³-hybridized carbons (Fsp3) is 0.231. The summed E-state index contributed by atoms with van der Waals surface area (Å²) in [7, 11) is 1.89. The van der Waals surface area contributed by atoms with E-state index in [1.807, 2.05) is 30.1 Å². The highest BCUT2D eigenvalue weighted by Crippen LogP contribution is 2.19. The third-order valence-electron chi connectivity index (χ3n) is 2.59. The summed E-state index contributed by atoms with van der Waals surface area (Å²) in [5.41, 5.74) is 7.10. The lowest BCUT2D eigenvalue weighted by molar-refractivity contribution is 0.507. The zero-order valence-electron chi connectivity index (χ0n) is 9.69. The topological polar surface area (TPSA) is 42.4 Å². The molecular formula is C13H15FN2O. The zero-order chi connectivity index (χ0) is 12.3. The van der Waals surface area contributed by atoms with Gasteiger partial charge >= 0.3 is 0 Å². The van der Waals surface area contributed by atoms with E-state index >= 15 is 0 Å². The molecule has 2 aromatic rings. The van der Waals surface area contributed by atoms with Crippen LogP contribution in [0.25, 0.3) is 0 Å². The number of nitrogens with two attached hydrogens (primary N) is 1. The van der Waals surface area contributed by atoms with Gasteiger partial charge in [-0.15, -0.1) is 0 Å². The third kappa shape index (κ3) is 2.85. The van der Waals surface area contributed by atoms with Crippen LogP contribution < -0.4 is 10.6 Å². The molecule has 1 aromatic heterocycles. The maximum absolute atomic E-state index is 13.3. The van der Waals surface area contributed by atoms with Crippen molar-refractivity contribution in [2.75, 3.05) is 11.9 Å². The molecule has 0 aliphatic carbocycles. The first-order valence-corrected chi connectivity index (χ1v) is 5.42. The summed E-state index contributed by atoms with van der Waals surface area (Å²) in [6.07, 6.45) is 1.63. The van der Waals surface area contributed by atoms with E-state index in [0.717, 1.165) is 17.0 Å². The first-order valence-electron chi connectivity index (χ1n) is 5.42. The summed E-state index contributed by atoms with van der Waals surface area (Å²) in [4.78, 5) is 1.92. The van der Waals surface area contributed by atoms with Crippen molar-refractivity contribution in [1.29, 1.82) is 0 Å². The summed E-state index contributed by atoms with van der Waals surface area (Å²) in [6.45, 7) is 0.930. The Kier molecular flexibility index (Phi) is 3.44. The minimum absolute atomic E-state index is 0.269. The first kappa shape index (κ1) is 11.7. The molecule has 0 unspecified atom stereocenters. The van der Waals surface area contributed by atoms with Crippen LogP contribution in [0.2, 0.25) is 0 Å². The van der Waals surface area contributed by atoms with Crippen molar-refractivity contribution in [3.05, 3.63) is 53.7 Å². The number of hydrogen-bond donors (Lipinski definition) is 1. The fourth-order valence-electron chi connectivity index (χ4n) is 1.70. The summed E-state index contributed by atoms with van der Waals surface area (Å²) >= 11 is 0. The van der Waals surface area contributed by atoms with Crippen molar-refractivity contribution in [3.63, 3.8) is 0 Å². The predicted molar refractivity (Wildman–Crippen MR) is 65.1 cm³/mol. The first-order chi connectivity index (χ1) is 8.19. The van der Waals surface area contributed by atoms with Crippen molar-refractivity contribution >= 4 is 5.69 Å². The molecule has 2 N–H and O–H groups in total. The van der Waals surface area contributed by atoms with Gasteiger partial charge in [0.2, 0.25) is 0 Å². The van der Waals surface area contributed by atoms with Crippen LogP contribution in [0.5, 0.6) is 0 Å². The predicted octanol–water partition coefficient (Wildman–Crippen LogP) is 2.51. The van der Waals surface area contributed by atoms with Crippen LogP contribution in [0, 0.1) is 5.82 Å². The molecule has 2 rings (SSSR count). The second kappa shape index (κ2) is 5.01. The Bertz CT molecular complexity index is 482. The summed E-state index contributed by atoms with van der Waals surface area (Å²) in [5.74, 6) is 0.570. The quantitative estimate of drug-likeness (QED) is 0.883. The van der Waals surface area contributed by atoms with Gasteiger partial charge in [0.1, 0.15) is 11.6 Å². The molecule has 0 saturated heterocycles. The van der Waals surface area contributed by atoms with Crippen molar-refractivity contribution in [2.24, 2.45) is 5.73 Å². The molecule has 0 fully saturated rings.